The van der Waals surface area contributed by atoms with Gasteiger partial charge >= 0.3 is 0 Å². The van der Waals surface area contributed by atoms with Gasteiger partial charge in [-0.1, -0.05) is 157 Å². The molecule has 0 N–H and O–H groups in total. The van der Waals surface area contributed by atoms with Crippen LogP contribution in [-0.2, 0) is 10.8 Å². The van der Waals surface area contributed by atoms with Crippen molar-refractivity contribution >= 4 is 33.3 Å². The highest BCUT2D eigenvalue weighted by Gasteiger charge is 2.47. The molecule has 2 heterocycles. The second-order valence-electron chi connectivity index (χ2n) is 17.7. The van der Waals surface area contributed by atoms with E-state index < -0.39 is 10.8 Å². The summed E-state index contributed by atoms with van der Waals surface area (Å²) in [6, 6.07) is 78.1. The average Bonchev–Trinajstić information content (AvgIpc) is 3.42. The number of hydrogen-bond acceptors (Lipinski definition) is 5. The first kappa shape index (κ1) is 43.7. The van der Waals surface area contributed by atoms with Gasteiger partial charge in [-0.15, -0.1) is 11.8 Å². The molecule has 5 heteroatoms. The number of fused-ring (bicyclic) bond motifs is 6. The fourth-order valence-electron chi connectivity index (χ4n) is 10.7. The second-order valence-corrected chi connectivity index (χ2v) is 18.9. The van der Waals surface area contributed by atoms with Gasteiger partial charge in [-0.2, -0.15) is 0 Å². The van der Waals surface area contributed by atoms with E-state index in [1.54, 1.807) is 11.8 Å². The molecule has 0 amide bonds. The Bertz CT molecular complexity index is 3450. The Labute approximate surface area is 418 Å². The van der Waals surface area contributed by atoms with Crippen LogP contribution in [-0.4, -0.2) is 13.2 Å². The molecule has 71 heavy (non-hydrogen) atoms. The molecular weight excluding hydrogens is 889 g/mol. The average molecular weight is 935 g/mol. The van der Waals surface area contributed by atoms with Gasteiger partial charge in [0.2, 0.25) is 0 Å². The number of rotatable bonds is 10. The van der Waals surface area contributed by atoms with Crippen molar-refractivity contribution in [2.24, 2.45) is 0 Å². The van der Waals surface area contributed by atoms with Gasteiger partial charge in [-0.3, -0.25) is 0 Å². The van der Waals surface area contributed by atoms with Crippen molar-refractivity contribution in [3.05, 3.63) is 263 Å². The number of para-hydroxylation sites is 4. The van der Waals surface area contributed by atoms with Crippen molar-refractivity contribution in [1.82, 2.24) is 0 Å². The van der Waals surface area contributed by atoms with Crippen molar-refractivity contribution < 1.29 is 18.9 Å². The van der Waals surface area contributed by atoms with Gasteiger partial charge in [0.05, 0.1) is 10.8 Å². The van der Waals surface area contributed by atoms with Crippen LogP contribution in [0.1, 0.15) is 58.4 Å². The molecule has 0 aliphatic carbocycles. The Kier molecular flexibility index (Phi) is 11.3. The minimum absolute atomic E-state index is 0.359. The molecule has 0 spiro atoms. The largest absolute Gasteiger partial charge is 0.481 e. The van der Waals surface area contributed by atoms with E-state index in [-0.39, 0.29) is 0 Å². The summed E-state index contributed by atoms with van der Waals surface area (Å²) in [4.78, 5) is 2.28. The minimum Gasteiger partial charge on any atom is -0.481 e. The molecule has 0 aromatic heterocycles. The predicted octanol–water partition coefficient (Wildman–Crippen LogP) is 15.9. The van der Waals surface area contributed by atoms with Gasteiger partial charge in [0.15, 0.2) is 0 Å². The molecule has 340 valence electrons. The van der Waals surface area contributed by atoms with Crippen LogP contribution in [0.4, 0.5) is 0 Å². The maximum Gasteiger partial charge on any atom is 0.149 e. The maximum atomic E-state index is 6.65. The third-order valence-electron chi connectivity index (χ3n) is 13.9. The van der Waals surface area contributed by atoms with Crippen LogP contribution in [0.3, 0.4) is 0 Å². The summed E-state index contributed by atoms with van der Waals surface area (Å²) in [5, 5.41) is 4.45. The van der Waals surface area contributed by atoms with Crippen LogP contribution in [0.5, 0.6) is 34.5 Å². The number of hydrogen-bond donors (Lipinski definition) is 0. The highest BCUT2D eigenvalue weighted by molar-refractivity contribution is 7.99. The lowest BCUT2D eigenvalue weighted by molar-refractivity contribution is 0.370. The molecular formula is C66H46O4S. The van der Waals surface area contributed by atoms with E-state index in [9.17, 15) is 0 Å². The molecule has 0 bridgehead atoms. The summed E-state index contributed by atoms with van der Waals surface area (Å²) in [6.07, 6.45) is 0. The molecule has 12 rings (SSSR count). The van der Waals surface area contributed by atoms with Gasteiger partial charge in [-0.25, -0.2) is 0 Å². The van der Waals surface area contributed by atoms with E-state index in [0.29, 0.717) is 13.2 Å². The first-order chi connectivity index (χ1) is 35.1. The van der Waals surface area contributed by atoms with E-state index in [1.807, 2.05) is 50.2 Å². The lowest BCUT2D eigenvalue weighted by Gasteiger charge is -2.41. The van der Waals surface area contributed by atoms with Gasteiger partial charge < -0.3 is 18.9 Å². The van der Waals surface area contributed by atoms with Crippen molar-refractivity contribution in [3.63, 3.8) is 0 Å². The molecule has 10 aromatic rings. The Morgan fingerprint density at radius 3 is 1.06 bits per heavy atom. The van der Waals surface area contributed by atoms with Crippen molar-refractivity contribution in [3.8, 4) is 58.2 Å². The summed E-state index contributed by atoms with van der Waals surface area (Å²) in [7, 11) is 0. The first-order valence-electron chi connectivity index (χ1n) is 23.8. The Hall–Kier alpha value is -8.61. The number of ether oxygens (including phenoxy) is 4. The van der Waals surface area contributed by atoms with Gasteiger partial charge in [0.25, 0.3) is 0 Å². The molecule has 10 aromatic carbocycles. The lowest BCUT2D eigenvalue weighted by Crippen LogP contribution is -2.34. The summed E-state index contributed by atoms with van der Waals surface area (Å²) >= 11 is 1.76. The molecule has 0 radical (unpaired) electrons. The quantitative estimate of drug-likeness (QED) is 0.128. The third kappa shape index (κ3) is 7.55. The monoisotopic (exact) mass is 934 g/mol. The van der Waals surface area contributed by atoms with Crippen LogP contribution in [0.15, 0.2) is 228 Å². The fourth-order valence-corrected chi connectivity index (χ4v) is 11.5. The van der Waals surface area contributed by atoms with Crippen LogP contribution in [0.2, 0.25) is 0 Å². The van der Waals surface area contributed by atoms with Crippen LogP contribution >= 0.6 is 11.8 Å². The minimum atomic E-state index is -0.663. The molecule has 0 atom stereocenters. The highest BCUT2D eigenvalue weighted by atomic mass is 32.2. The van der Waals surface area contributed by atoms with Crippen molar-refractivity contribution in [2.45, 2.75) is 34.5 Å². The Morgan fingerprint density at radius 1 is 0.366 bits per heavy atom. The zero-order valence-corrected chi connectivity index (χ0v) is 40.1. The zero-order chi connectivity index (χ0) is 47.8. The van der Waals surface area contributed by atoms with Gasteiger partial charge in [0.1, 0.15) is 47.7 Å². The van der Waals surface area contributed by atoms with Crippen LogP contribution in [0, 0.1) is 23.7 Å². The summed E-state index contributed by atoms with van der Waals surface area (Å²) in [5.41, 5.74) is 7.68. The van der Waals surface area contributed by atoms with E-state index in [2.05, 4.69) is 206 Å². The molecule has 0 saturated carbocycles. The second kappa shape index (κ2) is 18.4. The van der Waals surface area contributed by atoms with Crippen LogP contribution in [0.25, 0.3) is 21.5 Å². The summed E-state index contributed by atoms with van der Waals surface area (Å²) < 4.78 is 25.2. The summed E-state index contributed by atoms with van der Waals surface area (Å²) in [5.74, 6) is 16.8. The van der Waals surface area contributed by atoms with Gasteiger partial charge in [0, 0.05) is 32.0 Å². The Morgan fingerprint density at radius 2 is 0.690 bits per heavy atom. The predicted molar refractivity (Wildman–Crippen MR) is 287 cm³/mol. The van der Waals surface area contributed by atoms with E-state index >= 15 is 0 Å². The maximum absolute atomic E-state index is 6.65. The molecule has 0 fully saturated rings. The van der Waals surface area contributed by atoms with Crippen molar-refractivity contribution in [1.29, 1.82) is 0 Å². The SMILES string of the molecule is CC#CCOc1ccc2cc(C3(c4ccc(Sc5ccc(C6(c7ccc8cc(OCC#CC)ccc8c7)c7ccccc7Oc7ccccc76)cc5)cc4)c4ccccc4Oc4ccccc43)ccc2c1. The van der Waals surface area contributed by atoms with Crippen LogP contribution < -0.4 is 18.9 Å². The normalized spacial score (nSPS) is 13.3. The van der Waals surface area contributed by atoms with E-state index in [1.165, 1.54) is 0 Å². The van der Waals surface area contributed by atoms with Crippen molar-refractivity contribution in [2.75, 3.05) is 13.2 Å². The summed E-state index contributed by atoms with van der Waals surface area (Å²) in [6.45, 7) is 4.37. The molecule has 4 nitrogen and oxygen atoms in total. The Balaban J connectivity index is 0.928. The lowest BCUT2D eigenvalue weighted by atomic mass is 9.63. The third-order valence-corrected chi connectivity index (χ3v) is 14.9. The first-order valence-corrected chi connectivity index (χ1v) is 24.6. The topological polar surface area (TPSA) is 36.9 Å². The molecule has 2 aliphatic rings. The van der Waals surface area contributed by atoms with Gasteiger partial charge in [-0.05, 0) is 143 Å². The van der Waals surface area contributed by atoms with E-state index in [4.69, 9.17) is 18.9 Å². The fraction of sp³-hybridized carbons (Fsp3) is 0.0909. The molecule has 0 unspecified atom stereocenters. The zero-order valence-electron chi connectivity index (χ0n) is 39.2. The molecule has 0 saturated heterocycles. The standard InChI is InChI=1S/C66H46O4S/c1-3-5-39-67-53-33-25-45-41-51(27-23-47(45)43-53)65(57-15-7-11-19-61(57)69-62-20-12-8-16-58(62)65)49-29-35-55(36-30-49)71-56-37-31-50(32-38-56)66(59-17-9-13-21-63(59)70-64-22-14-10-18-60(64)66)52-28-24-48-44-54(68-40-6-4-2)34-26-46(48)42-52/h7-38,41-44H,39-40H2,1-2H3. The van der Waals surface area contributed by atoms with E-state index in [0.717, 1.165) is 110 Å². The highest BCUT2D eigenvalue weighted by Crippen LogP contribution is 2.57. The molecule has 2 aliphatic heterocycles. The smallest absolute Gasteiger partial charge is 0.149 e. The number of benzene rings is 10.